The molecule has 2 aliphatic heterocycles. The number of anilines is 2. The van der Waals surface area contributed by atoms with E-state index in [4.69, 9.17) is 4.74 Å². The Bertz CT molecular complexity index is 2520. The van der Waals surface area contributed by atoms with Gasteiger partial charge in [0, 0.05) is 61.1 Å². The number of carbonyl (C=O) groups is 1. The molecule has 61 heavy (non-hydrogen) atoms. The molecule has 0 bridgehead atoms. The molecule has 3 aromatic carbocycles. The van der Waals surface area contributed by atoms with E-state index in [0.717, 1.165) is 62.5 Å². The smallest absolute Gasteiger partial charge is 0.293 e. The molecule has 14 nitrogen and oxygen atoms in total. The first-order valence-electron chi connectivity index (χ1n) is 21.5. The highest BCUT2D eigenvalue weighted by Crippen LogP contribution is 2.54. The van der Waals surface area contributed by atoms with Gasteiger partial charge in [-0.15, -0.1) is 0 Å². The van der Waals surface area contributed by atoms with Crippen LogP contribution in [0.5, 0.6) is 11.5 Å². The molecule has 2 aliphatic carbocycles. The highest BCUT2D eigenvalue weighted by Gasteiger charge is 2.49. The maximum Gasteiger partial charge on any atom is 0.293 e. The van der Waals surface area contributed by atoms with Crippen molar-refractivity contribution in [1.82, 2.24) is 19.6 Å². The molecule has 9 rings (SSSR count). The number of nitro groups is 1. The van der Waals surface area contributed by atoms with Gasteiger partial charge in [-0.3, -0.25) is 19.8 Å². The van der Waals surface area contributed by atoms with Gasteiger partial charge < -0.3 is 25.0 Å². The summed E-state index contributed by atoms with van der Waals surface area (Å²) in [6, 6.07) is 24.3. The quantitative estimate of drug-likeness (QED) is 0.0700. The zero-order chi connectivity index (χ0) is 42.4. The number of aromatic nitrogens is 2. The standard InChI is InChI=1S/C46H53N7O7S/c1-45(55)16-13-31(14-17-45)29-48-39-12-10-37(26-41(39)53(56)57)61(58,59)50-44(54)38-11-9-34(25-42(38)60-36-24-33-15-20-47-43(33)49-30-36)51-22-18-46(19-23-51)27-35(28-46)52-21-5-8-40(52)32-6-3-2-4-7-32/h2-4,6-7,9-12,15,20,24-26,30-31,35,40,48,55H,5,8,13-14,16-19,21-23,27-29H2,1H3,(H,47,49)(H,50,54)/t31?,40-,45?/m0/s1. The van der Waals surface area contributed by atoms with Gasteiger partial charge in [0.2, 0.25) is 0 Å². The van der Waals surface area contributed by atoms with E-state index in [1.807, 2.05) is 19.1 Å². The van der Waals surface area contributed by atoms with Crippen LogP contribution < -0.4 is 19.7 Å². The molecule has 2 aromatic heterocycles. The fourth-order valence-corrected chi connectivity index (χ4v) is 11.1. The van der Waals surface area contributed by atoms with E-state index in [1.165, 1.54) is 49.6 Å². The zero-order valence-corrected chi connectivity index (χ0v) is 35.2. The number of likely N-dealkylation sites (tertiary alicyclic amines) is 1. The van der Waals surface area contributed by atoms with Crippen molar-refractivity contribution in [2.24, 2.45) is 11.3 Å². The third-order valence-corrected chi connectivity index (χ3v) is 15.1. The van der Waals surface area contributed by atoms with Crippen LogP contribution in [-0.4, -0.2) is 77.0 Å². The average Bonchev–Trinajstić information content (AvgIpc) is 3.93. The number of ether oxygens (including phenoxy) is 1. The number of nitrogens with zero attached hydrogens (tertiary/aromatic N) is 4. The van der Waals surface area contributed by atoms with E-state index in [9.17, 15) is 28.4 Å². The van der Waals surface area contributed by atoms with E-state index in [1.54, 1.807) is 24.4 Å². The van der Waals surface area contributed by atoms with E-state index in [0.29, 0.717) is 48.3 Å². The van der Waals surface area contributed by atoms with Gasteiger partial charge in [-0.2, -0.15) is 0 Å². The minimum atomic E-state index is -4.56. The number of aromatic amines is 1. The van der Waals surface area contributed by atoms with Crippen molar-refractivity contribution in [3.8, 4) is 11.5 Å². The summed E-state index contributed by atoms with van der Waals surface area (Å²) in [4.78, 5) is 37.5. The van der Waals surface area contributed by atoms with Gasteiger partial charge in [0.15, 0.2) is 0 Å². The topological polar surface area (TPSA) is 183 Å². The molecule has 0 radical (unpaired) electrons. The predicted molar refractivity (Wildman–Crippen MR) is 233 cm³/mol. The van der Waals surface area contributed by atoms with E-state index in [-0.39, 0.29) is 22.9 Å². The second kappa shape index (κ2) is 16.4. The number of hydrogen-bond acceptors (Lipinski definition) is 11. The summed E-state index contributed by atoms with van der Waals surface area (Å²) < 4.78 is 35.9. The van der Waals surface area contributed by atoms with Crippen molar-refractivity contribution in [3.63, 3.8) is 0 Å². The highest BCUT2D eigenvalue weighted by atomic mass is 32.2. The summed E-state index contributed by atoms with van der Waals surface area (Å²) in [5, 5.41) is 26.3. The third-order valence-electron chi connectivity index (χ3n) is 13.8. The van der Waals surface area contributed by atoms with Crippen LogP contribution in [0, 0.1) is 21.4 Å². The molecule has 2 saturated heterocycles. The molecule has 4 fully saturated rings. The van der Waals surface area contributed by atoms with Crippen LogP contribution in [0.4, 0.5) is 17.1 Å². The van der Waals surface area contributed by atoms with Gasteiger partial charge >= 0.3 is 0 Å². The second-order valence-corrected chi connectivity index (χ2v) is 19.6. The van der Waals surface area contributed by atoms with Gasteiger partial charge in [0.1, 0.15) is 22.8 Å². The number of piperidine rings is 1. The summed E-state index contributed by atoms with van der Waals surface area (Å²) in [5.41, 5.74) is 2.29. The molecule has 1 atom stereocenters. The Labute approximate surface area is 355 Å². The Morgan fingerprint density at radius 2 is 1.75 bits per heavy atom. The minimum absolute atomic E-state index is 0.0189. The summed E-state index contributed by atoms with van der Waals surface area (Å²) in [6.45, 7) is 5.10. The first-order valence-corrected chi connectivity index (χ1v) is 22.9. The van der Waals surface area contributed by atoms with Crippen molar-refractivity contribution in [3.05, 3.63) is 112 Å². The number of benzene rings is 3. The fourth-order valence-electron chi connectivity index (χ4n) is 10.1. The van der Waals surface area contributed by atoms with Gasteiger partial charge in [-0.05, 0) is 131 Å². The lowest BCUT2D eigenvalue weighted by atomic mass is 9.60. The van der Waals surface area contributed by atoms with Gasteiger partial charge in [-0.1, -0.05) is 30.3 Å². The van der Waals surface area contributed by atoms with Crippen LogP contribution in [-0.2, 0) is 10.0 Å². The minimum Gasteiger partial charge on any atom is -0.455 e. The van der Waals surface area contributed by atoms with Gasteiger partial charge in [0.25, 0.3) is 21.6 Å². The highest BCUT2D eigenvalue weighted by molar-refractivity contribution is 7.90. The number of hydrogen-bond donors (Lipinski definition) is 4. The van der Waals surface area contributed by atoms with E-state index < -0.39 is 37.0 Å². The molecule has 2 saturated carbocycles. The van der Waals surface area contributed by atoms with Gasteiger partial charge in [-0.25, -0.2) is 18.1 Å². The molecule has 1 spiro atoms. The van der Waals surface area contributed by atoms with Crippen LogP contribution in [0.3, 0.4) is 0 Å². The molecular weight excluding hydrogens is 795 g/mol. The van der Waals surface area contributed by atoms with Crippen LogP contribution in [0.15, 0.2) is 96.2 Å². The maximum atomic E-state index is 13.9. The maximum absolute atomic E-state index is 13.9. The Morgan fingerprint density at radius 3 is 2.51 bits per heavy atom. The Morgan fingerprint density at radius 1 is 0.984 bits per heavy atom. The summed E-state index contributed by atoms with van der Waals surface area (Å²) in [6.07, 6.45) is 13.1. The van der Waals surface area contributed by atoms with E-state index in [2.05, 4.69) is 60.1 Å². The molecule has 0 unspecified atom stereocenters. The lowest BCUT2D eigenvalue weighted by molar-refractivity contribution is -0.384. The predicted octanol–water partition coefficient (Wildman–Crippen LogP) is 8.32. The normalized spacial score (nSPS) is 23.1. The lowest BCUT2D eigenvalue weighted by Crippen LogP contribution is -2.54. The Balaban J connectivity index is 0.899. The van der Waals surface area contributed by atoms with E-state index >= 15 is 0 Å². The van der Waals surface area contributed by atoms with Gasteiger partial charge in [0.05, 0.1) is 27.2 Å². The average molecular weight is 848 g/mol. The van der Waals surface area contributed by atoms with Crippen molar-refractivity contribution >= 4 is 44.0 Å². The Hall–Kier alpha value is -5.51. The number of H-pyrrole nitrogens is 1. The van der Waals surface area contributed by atoms with Crippen LogP contribution in [0.1, 0.15) is 93.1 Å². The zero-order valence-electron chi connectivity index (χ0n) is 34.4. The Kier molecular flexibility index (Phi) is 11.0. The number of nitro benzene ring substituents is 1. The van der Waals surface area contributed by atoms with Crippen molar-refractivity contribution < 1.29 is 28.0 Å². The number of amides is 1. The first kappa shape index (κ1) is 40.9. The number of sulfonamides is 1. The number of fused-ring (bicyclic) bond motifs is 1. The number of rotatable bonds is 12. The molecule has 320 valence electrons. The fraction of sp³-hybridized carbons (Fsp3) is 0.435. The largest absolute Gasteiger partial charge is 0.455 e. The molecule has 4 N–H and O–H groups in total. The molecule has 15 heteroatoms. The molecule has 4 heterocycles. The third kappa shape index (κ3) is 8.68. The molecular formula is C46H53N7O7S. The number of aliphatic hydroxyl groups is 1. The monoisotopic (exact) mass is 847 g/mol. The summed E-state index contributed by atoms with van der Waals surface area (Å²) >= 11 is 0. The lowest BCUT2D eigenvalue weighted by Gasteiger charge is -2.56. The second-order valence-electron chi connectivity index (χ2n) is 17.9. The van der Waals surface area contributed by atoms with Crippen LogP contribution in [0.2, 0.25) is 0 Å². The summed E-state index contributed by atoms with van der Waals surface area (Å²) in [5.74, 6) is -0.209. The number of nitrogens with one attached hydrogen (secondary N) is 3. The van der Waals surface area contributed by atoms with Crippen molar-refractivity contribution in [1.29, 1.82) is 0 Å². The SMILES string of the molecule is CC1(O)CCC(CNc2ccc(S(=O)(=O)NC(=O)c3ccc(N4CCC5(CC4)CC(N4CCC[C@H]4c4ccccc4)C5)cc3Oc3cnc4[nH]ccc4c3)cc2[N+](=O)[O-])CC1. The first-order chi connectivity index (χ1) is 29.3. The molecule has 5 aromatic rings. The van der Waals surface area contributed by atoms with Crippen molar-refractivity contribution in [2.45, 2.75) is 93.7 Å². The molecule has 1 amide bonds. The summed E-state index contributed by atoms with van der Waals surface area (Å²) in [7, 11) is -4.56. The molecule has 4 aliphatic rings. The number of pyridine rings is 1. The van der Waals surface area contributed by atoms with Crippen molar-refractivity contribution in [2.75, 3.05) is 36.4 Å². The van der Waals surface area contributed by atoms with Crippen LogP contribution in [0.25, 0.3) is 11.0 Å². The number of carbonyl (C=O) groups excluding carboxylic acids is 1. The van der Waals surface area contributed by atoms with Crippen LogP contribution >= 0.6 is 0 Å².